The Labute approximate surface area is 154 Å². The van der Waals surface area contributed by atoms with Gasteiger partial charge in [0.2, 0.25) is 0 Å². The van der Waals surface area contributed by atoms with E-state index in [9.17, 15) is 9.36 Å². The number of benzene rings is 3. The highest BCUT2D eigenvalue weighted by atomic mass is 31.2. The number of amides is 1. The van der Waals surface area contributed by atoms with Gasteiger partial charge in [-0.1, -0.05) is 78.9 Å². The molecule has 3 nitrogen and oxygen atoms in total. The molecule has 0 radical (unpaired) electrons. The van der Waals surface area contributed by atoms with Crippen LogP contribution in [-0.4, -0.2) is 23.6 Å². The van der Waals surface area contributed by atoms with Crippen LogP contribution >= 0.6 is 7.14 Å². The normalized spacial score (nSPS) is 12.4. The maximum atomic E-state index is 14.3. The fourth-order valence-electron chi connectivity index (χ4n) is 3.08. The molecule has 4 heteroatoms. The van der Waals surface area contributed by atoms with Crippen molar-refractivity contribution in [3.63, 3.8) is 0 Å². The summed E-state index contributed by atoms with van der Waals surface area (Å²) in [5.41, 5.74) is 0.592. The van der Waals surface area contributed by atoms with Crippen molar-refractivity contribution in [3.05, 3.63) is 96.6 Å². The SMILES string of the molecule is C[C@@H](N(C)C(=O)c1ccccc1)P(=O)(c1ccccc1)c1ccccc1. The minimum absolute atomic E-state index is 0.134. The molecule has 3 rings (SSSR count). The molecule has 0 spiro atoms. The molecule has 0 fully saturated rings. The summed E-state index contributed by atoms with van der Waals surface area (Å²) in [6.07, 6.45) is 0. The molecule has 0 heterocycles. The molecule has 0 aliphatic carbocycles. The van der Waals surface area contributed by atoms with E-state index in [0.29, 0.717) is 5.56 Å². The molecule has 0 aromatic heterocycles. The van der Waals surface area contributed by atoms with Crippen molar-refractivity contribution in [2.75, 3.05) is 7.05 Å². The number of nitrogens with zero attached hydrogens (tertiary/aromatic N) is 1. The summed E-state index contributed by atoms with van der Waals surface area (Å²) in [7, 11) is -1.32. The highest BCUT2D eigenvalue weighted by Gasteiger charge is 2.37. The van der Waals surface area contributed by atoms with Gasteiger partial charge >= 0.3 is 0 Å². The third kappa shape index (κ3) is 3.36. The molecular formula is C22H22NO2P. The fourth-order valence-corrected chi connectivity index (χ4v) is 6.06. The Balaban J connectivity index is 2.05. The Hall–Kier alpha value is -2.64. The fraction of sp³-hybridized carbons (Fsp3) is 0.136. The maximum Gasteiger partial charge on any atom is 0.254 e. The van der Waals surface area contributed by atoms with Crippen molar-refractivity contribution in [3.8, 4) is 0 Å². The minimum Gasteiger partial charge on any atom is -0.331 e. The van der Waals surface area contributed by atoms with Crippen molar-refractivity contribution in [1.82, 2.24) is 4.90 Å². The average molecular weight is 363 g/mol. The van der Waals surface area contributed by atoms with E-state index in [0.717, 1.165) is 10.6 Å². The smallest absolute Gasteiger partial charge is 0.254 e. The van der Waals surface area contributed by atoms with Crippen LogP contribution in [0.15, 0.2) is 91.0 Å². The number of hydrogen-bond acceptors (Lipinski definition) is 2. The van der Waals surface area contributed by atoms with Crippen LogP contribution in [0.1, 0.15) is 17.3 Å². The van der Waals surface area contributed by atoms with E-state index in [1.165, 1.54) is 0 Å². The van der Waals surface area contributed by atoms with Gasteiger partial charge in [-0.2, -0.15) is 0 Å². The lowest BCUT2D eigenvalue weighted by Crippen LogP contribution is -2.39. The zero-order valence-electron chi connectivity index (χ0n) is 14.9. The van der Waals surface area contributed by atoms with Crippen LogP contribution in [0.4, 0.5) is 0 Å². The van der Waals surface area contributed by atoms with E-state index in [2.05, 4.69) is 0 Å². The Morgan fingerprint density at radius 2 is 1.15 bits per heavy atom. The molecule has 3 aromatic carbocycles. The monoisotopic (exact) mass is 363 g/mol. The first kappa shape index (κ1) is 18.2. The van der Waals surface area contributed by atoms with Crippen molar-refractivity contribution in [2.45, 2.75) is 12.7 Å². The van der Waals surface area contributed by atoms with Gasteiger partial charge in [-0.3, -0.25) is 4.79 Å². The van der Waals surface area contributed by atoms with Crippen LogP contribution in [0.3, 0.4) is 0 Å². The van der Waals surface area contributed by atoms with Gasteiger partial charge < -0.3 is 9.46 Å². The van der Waals surface area contributed by atoms with Crippen molar-refractivity contribution < 1.29 is 9.36 Å². The van der Waals surface area contributed by atoms with Crippen molar-refractivity contribution in [1.29, 1.82) is 0 Å². The van der Waals surface area contributed by atoms with Gasteiger partial charge in [0.25, 0.3) is 5.91 Å². The van der Waals surface area contributed by atoms with E-state index in [-0.39, 0.29) is 5.91 Å². The lowest BCUT2D eigenvalue weighted by molar-refractivity contribution is 0.0783. The lowest BCUT2D eigenvalue weighted by Gasteiger charge is -2.33. The first-order chi connectivity index (χ1) is 12.5. The Kier molecular flexibility index (Phi) is 5.39. The van der Waals surface area contributed by atoms with Gasteiger partial charge in [-0.25, -0.2) is 0 Å². The molecule has 0 aliphatic rings. The first-order valence-corrected chi connectivity index (χ1v) is 10.4. The molecule has 0 bridgehead atoms. The quantitative estimate of drug-likeness (QED) is 0.640. The molecule has 3 aromatic rings. The second kappa shape index (κ2) is 7.72. The Bertz CT molecular complexity index is 867. The highest BCUT2D eigenvalue weighted by molar-refractivity contribution is 7.79. The zero-order valence-corrected chi connectivity index (χ0v) is 15.8. The number of rotatable bonds is 5. The largest absolute Gasteiger partial charge is 0.331 e. The standard InChI is InChI=1S/C22H22NO2P/c1-18(23(2)22(24)19-12-6-3-7-13-19)26(25,20-14-8-4-9-15-20)21-16-10-5-11-17-21/h3-18H,1-2H3/t18-/m0/s1. The molecule has 0 N–H and O–H groups in total. The summed E-state index contributed by atoms with van der Waals surface area (Å²) in [5.74, 6) is -0.606. The summed E-state index contributed by atoms with van der Waals surface area (Å²) in [6.45, 7) is 1.86. The molecule has 1 amide bonds. The van der Waals surface area contributed by atoms with Crippen molar-refractivity contribution in [2.24, 2.45) is 0 Å². The van der Waals surface area contributed by atoms with Gasteiger partial charge in [0.05, 0.1) is 5.78 Å². The summed E-state index contributed by atoms with van der Waals surface area (Å²) in [5, 5.41) is 1.51. The number of carbonyl (C=O) groups is 1. The molecule has 0 aliphatic heterocycles. The van der Waals surface area contributed by atoms with Crippen LogP contribution < -0.4 is 10.6 Å². The predicted octanol–water partition coefficient (Wildman–Crippen LogP) is 4.12. The minimum atomic E-state index is -3.04. The van der Waals surface area contributed by atoms with E-state index in [1.807, 2.05) is 85.8 Å². The van der Waals surface area contributed by atoms with Gasteiger partial charge in [0.1, 0.15) is 0 Å². The van der Waals surface area contributed by atoms with E-state index < -0.39 is 12.9 Å². The molecule has 0 saturated carbocycles. The van der Waals surface area contributed by atoms with Gasteiger partial charge in [0, 0.05) is 23.2 Å². The second-order valence-electron chi connectivity index (χ2n) is 6.24. The third-order valence-electron chi connectivity index (χ3n) is 4.71. The average Bonchev–Trinajstić information content (AvgIpc) is 2.73. The number of hydrogen-bond donors (Lipinski definition) is 0. The lowest BCUT2D eigenvalue weighted by atomic mass is 10.2. The Morgan fingerprint density at radius 3 is 1.58 bits per heavy atom. The molecule has 0 unspecified atom stereocenters. The zero-order chi connectivity index (χ0) is 18.6. The van der Waals surface area contributed by atoms with E-state index in [4.69, 9.17) is 0 Å². The van der Waals surface area contributed by atoms with Gasteiger partial charge in [-0.15, -0.1) is 0 Å². The van der Waals surface area contributed by atoms with Gasteiger partial charge in [-0.05, 0) is 19.1 Å². The van der Waals surface area contributed by atoms with Crippen LogP contribution in [0.25, 0.3) is 0 Å². The number of carbonyl (C=O) groups excluding carboxylic acids is 1. The first-order valence-electron chi connectivity index (χ1n) is 8.58. The Morgan fingerprint density at radius 1 is 0.769 bits per heavy atom. The van der Waals surface area contributed by atoms with Crippen LogP contribution in [0.2, 0.25) is 0 Å². The van der Waals surface area contributed by atoms with Gasteiger partial charge in [0.15, 0.2) is 7.14 Å². The third-order valence-corrected chi connectivity index (χ3v) is 8.24. The topological polar surface area (TPSA) is 37.4 Å². The van der Waals surface area contributed by atoms with Crippen molar-refractivity contribution >= 4 is 23.7 Å². The highest BCUT2D eigenvalue weighted by Crippen LogP contribution is 2.49. The molecule has 1 atom stereocenters. The second-order valence-corrected chi connectivity index (χ2v) is 9.34. The molecule has 132 valence electrons. The summed E-state index contributed by atoms with van der Waals surface area (Å²) in [6, 6.07) is 28.0. The maximum absolute atomic E-state index is 14.3. The summed E-state index contributed by atoms with van der Waals surface area (Å²) >= 11 is 0. The molecule has 0 saturated heterocycles. The molecular weight excluding hydrogens is 341 g/mol. The van der Waals surface area contributed by atoms with E-state index in [1.54, 1.807) is 24.1 Å². The van der Waals surface area contributed by atoms with Crippen LogP contribution in [0, 0.1) is 0 Å². The summed E-state index contributed by atoms with van der Waals surface area (Å²) < 4.78 is 14.3. The van der Waals surface area contributed by atoms with E-state index >= 15 is 0 Å². The predicted molar refractivity (Wildman–Crippen MR) is 108 cm³/mol. The molecule has 26 heavy (non-hydrogen) atoms. The van der Waals surface area contributed by atoms with Crippen LogP contribution in [0.5, 0.6) is 0 Å². The van der Waals surface area contributed by atoms with Crippen LogP contribution in [-0.2, 0) is 4.57 Å². The summed E-state index contributed by atoms with van der Waals surface area (Å²) in [4.78, 5) is 14.5.